The third kappa shape index (κ3) is 4.13. The van der Waals surface area contributed by atoms with Crippen LogP contribution in [0.5, 0.6) is 0 Å². The van der Waals surface area contributed by atoms with E-state index in [9.17, 15) is 0 Å². The maximum atomic E-state index is 3.16. The zero-order valence-corrected chi connectivity index (χ0v) is 10.2. The Morgan fingerprint density at radius 1 is 1.00 bits per heavy atom. The highest BCUT2D eigenvalue weighted by Gasteiger charge is 2.17. The second-order valence-corrected chi connectivity index (χ2v) is 2.88. The van der Waals surface area contributed by atoms with Crippen LogP contribution in [0.15, 0.2) is 0 Å². The Morgan fingerprint density at radius 3 is 1.67 bits per heavy atom. The average molecular weight is 234 g/mol. The molecule has 0 unspecified atom stereocenters. The first-order valence-corrected chi connectivity index (χ1v) is 4.49. The molecule has 12 heavy (non-hydrogen) atoms. The lowest BCUT2D eigenvalue weighted by molar-refractivity contribution is -0.916. The fourth-order valence-corrected chi connectivity index (χ4v) is 1.25. The Hall–Kier alpha value is 0. The van der Waals surface area contributed by atoms with Crippen LogP contribution >= 0.6 is 0 Å². The zero-order chi connectivity index (χ0) is 8.74. The summed E-state index contributed by atoms with van der Waals surface area (Å²) in [4.78, 5) is 0. The molecule has 0 saturated heterocycles. The van der Waals surface area contributed by atoms with E-state index in [1.165, 1.54) is 19.6 Å². The molecule has 0 amide bonds. The lowest BCUT2D eigenvalue weighted by atomic mass is 10.3. The molecule has 0 aromatic rings. The molecule has 0 rings (SSSR count). The highest BCUT2D eigenvalue weighted by atomic mass is 79.9. The summed E-state index contributed by atoms with van der Waals surface area (Å²) >= 11 is 0. The molecule has 0 aromatic carbocycles. The van der Waals surface area contributed by atoms with E-state index in [4.69, 9.17) is 0 Å². The maximum Gasteiger partial charge on any atom is 0.140 e. The molecule has 0 saturated carbocycles. The minimum atomic E-state index is 0. The van der Waals surface area contributed by atoms with Gasteiger partial charge in [-0.1, -0.05) is 0 Å². The van der Waals surface area contributed by atoms with Gasteiger partial charge in [0, 0.05) is 0 Å². The standard InChI is InChI=1S/C10H20N.BrH/c1-5-9-10-11(6-2,7-3)8-4;/h6-8,10H2,1-4H3;1H/q+1;/p-1. The summed E-state index contributed by atoms with van der Waals surface area (Å²) in [5.74, 6) is 6.12. The van der Waals surface area contributed by atoms with Gasteiger partial charge in [0.25, 0.3) is 0 Å². The van der Waals surface area contributed by atoms with Crippen LogP contribution in [0.1, 0.15) is 27.7 Å². The summed E-state index contributed by atoms with van der Waals surface area (Å²) < 4.78 is 1.14. The third-order valence-corrected chi connectivity index (χ3v) is 2.60. The molecule has 0 aliphatic rings. The molecule has 0 aliphatic heterocycles. The van der Waals surface area contributed by atoms with Crippen LogP contribution in [-0.2, 0) is 0 Å². The Morgan fingerprint density at radius 2 is 1.42 bits per heavy atom. The van der Waals surface area contributed by atoms with Gasteiger partial charge in [-0.25, -0.2) is 0 Å². The smallest absolute Gasteiger partial charge is 0.140 e. The minimum absolute atomic E-state index is 0. The van der Waals surface area contributed by atoms with Gasteiger partial charge in [-0.15, -0.1) is 5.92 Å². The lowest BCUT2D eigenvalue weighted by Crippen LogP contribution is -3.00. The summed E-state index contributed by atoms with van der Waals surface area (Å²) in [6.45, 7) is 13.2. The topological polar surface area (TPSA) is 0 Å². The van der Waals surface area contributed by atoms with Crippen LogP contribution in [0.4, 0.5) is 0 Å². The van der Waals surface area contributed by atoms with Crippen molar-refractivity contribution in [1.82, 2.24) is 0 Å². The normalized spacial score (nSPS) is 9.67. The predicted molar refractivity (Wildman–Crippen MR) is 50.2 cm³/mol. The van der Waals surface area contributed by atoms with Gasteiger partial charge in [0.2, 0.25) is 0 Å². The van der Waals surface area contributed by atoms with Gasteiger partial charge < -0.3 is 21.5 Å². The fourth-order valence-electron chi connectivity index (χ4n) is 1.25. The Balaban J connectivity index is 0. The molecule has 0 atom stereocenters. The van der Waals surface area contributed by atoms with Gasteiger partial charge in [0.15, 0.2) is 0 Å². The van der Waals surface area contributed by atoms with Gasteiger partial charge in [0.05, 0.1) is 19.6 Å². The van der Waals surface area contributed by atoms with Crippen molar-refractivity contribution in [3.63, 3.8) is 0 Å². The van der Waals surface area contributed by atoms with Crippen molar-refractivity contribution in [3.05, 3.63) is 0 Å². The lowest BCUT2D eigenvalue weighted by Gasteiger charge is -2.33. The predicted octanol–water partition coefficient (Wildman–Crippen LogP) is -1.11. The summed E-state index contributed by atoms with van der Waals surface area (Å²) in [6, 6.07) is 0. The SMILES string of the molecule is CC#CC[N+](CC)(CC)CC.[Br-]. The molecule has 0 aliphatic carbocycles. The third-order valence-electron chi connectivity index (χ3n) is 2.60. The Kier molecular flexibility index (Phi) is 9.24. The summed E-state index contributed by atoms with van der Waals surface area (Å²) in [5.41, 5.74) is 0. The highest BCUT2D eigenvalue weighted by Crippen LogP contribution is 2.03. The van der Waals surface area contributed by atoms with E-state index < -0.39 is 0 Å². The Bertz CT molecular complexity index is 143. The van der Waals surface area contributed by atoms with Gasteiger partial charge >= 0.3 is 0 Å². The molecule has 0 fully saturated rings. The molecule has 0 spiro atoms. The highest BCUT2D eigenvalue weighted by molar-refractivity contribution is 4.95. The molecule has 72 valence electrons. The molecule has 0 heterocycles. The summed E-state index contributed by atoms with van der Waals surface area (Å²) in [5, 5.41) is 0. The number of hydrogen-bond acceptors (Lipinski definition) is 0. The molecule has 2 heteroatoms. The van der Waals surface area contributed by atoms with E-state index in [0.29, 0.717) is 0 Å². The quantitative estimate of drug-likeness (QED) is 0.427. The molecular formula is C10H20BrN. The molecular weight excluding hydrogens is 214 g/mol. The minimum Gasteiger partial charge on any atom is -1.00 e. The Labute approximate surface area is 87.5 Å². The van der Waals surface area contributed by atoms with E-state index in [2.05, 4.69) is 32.6 Å². The van der Waals surface area contributed by atoms with Crippen LogP contribution in [0.2, 0.25) is 0 Å². The maximum absolute atomic E-state index is 3.16. The molecule has 0 N–H and O–H groups in total. The van der Waals surface area contributed by atoms with Crippen LogP contribution in [0, 0.1) is 11.8 Å². The van der Waals surface area contributed by atoms with Crippen molar-refractivity contribution in [2.24, 2.45) is 0 Å². The van der Waals surface area contributed by atoms with Crippen LogP contribution in [0.3, 0.4) is 0 Å². The second-order valence-electron chi connectivity index (χ2n) is 2.88. The zero-order valence-electron chi connectivity index (χ0n) is 8.65. The van der Waals surface area contributed by atoms with E-state index in [1.54, 1.807) is 0 Å². The number of halogens is 1. The monoisotopic (exact) mass is 233 g/mol. The van der Waals surface area contributed by atoms with Gasteiger partial charge in [-0.3, -0.25) is 0 Å². The van der Waals surface area contributed by atoms with Crippen molar-refractivity contribution in [1.29, 1.82) is 0 Å². The van der Waals surface area contributed by atoms with Crippen molar-refractivity contribution < 1.29 is 21.5 Å². The van der Waals surface area contributed by atoms with Crippen molar-refractivity contribution in [2.45, 2.75) is 27.7 Å². The first-order chi connectivity index (χ1) is 5.24. The van der Waals surface area contributed by atoms with Crippen molar-refractivity contribution in [2.75, 3.05) is 26.2 Å². The number of hydrogen-bond donors (Lipinski definition) is 0. The molecule has 0 radical (unpaired) electrons. The van der Waals surface area contributed by atoms with Crippen LogP contribution < -0.4 is 17.0 Å². The van der Waals surface area contributed by atoms with Crippen LogP contribution in [0.25, 0.3) is 0 Å². The van der Waals surface area contributed by atoms with Gasteiger partial charge in [0.1, 0.15) is 6.54 Å². The number of nitrogens with zero attached hydrogens (tertiary/aromatic N) is 1. The molecule has 0 aromatic heterocycles. The molecule has 1 nitrogen and oxygen atoms in total. The van der Waals surface area contributed by atoms with Gasteiger partial charge in [-0.2, -0.15) is 0 Å². The fraction of sp³-hybridized carbons (Fsp3) is 0.800. The van der Waals surface area contributed by atoms with E-state index in [-0.39, 0.29) is 17.0 Å². The van der Waals surface area contributed by atoms with Crippen molar-refractivity contribution >= 4 is 0 Å². The first-order valence-electron chi connectivity index (χ1n) is 4.49. The van der Waals surface area contributed by atoms with Crippen molar-refractivity contribution in [3.8, 4) is 11.8 Å². The van der Waals surface area contributed by atoms with E-state index in [0.717, 1.165) is 11.0 Å². The number of quaternary nitrogens is 1. The largest absolute Gasteiger partial charge is 1.00 e. The second kappa shape index (κ2) is 7.64. The van der Waals surface area contributed by atoms with Gasteiger partial charge in [-0.05, 0) is 33.6 Å². The van der Waals surface area contributed by atoms with E-state index >= 15 is 0 Å². The first kappa shape index (κ1) is 14.5. The van der Waals surface area contributed by atoms with Crippen LogP contribution in [-0.4, -0.2) is 30.7 Å². The number of rotatable bonds is 4. The average Bonchev–Trinajstić information content (AvgIpc) is 2.08. The summed E-state index contributed by atoms with van der Waals surface area (Å²) in [7, 11) is 0. The molecule has 0 bridgehead atoms. The summed E-state index contributed by atoms with van der Waals surface area (Å²) in [6.07, 6.45) is 0. The van der Waals surface area contributed by atoms with E-state index in [1.807, 2.05) is 6.92 Å².